The third-order valence-electron chi connectivity index (χ3n) is 4.98. The van der Waals surface area contributed by atoms with Gasteiger partial charge in [-0.05, 0) is 31.4 Å². The fraction of sp³-hybridized carbons (Fsp3) is 0.579. The maximum atomic E-state index is 12.6. The van der Waals surface area contributed by atoms with E-state index < -0.39 is 9.84 Å². The van der Waals surface area contributed by atoms with Gasteiger partial charge in [0.1, 0.15) is 0 Å². The van der Waals surface area contributed by atoms with Crippen LogP contribution in [0.2, 0.25) is 0 Å². The molecule has 2 atom stereocenters. The molecule has 7 nitrogen and oxygen atoms in total. The molecule has 150 valence electrons. The molecule has 1 aliphatic heterocycles. The maximum absolute atomic E-state index is 12.6. The minimum Gasteiger partial charge on any atom is -0.337 e. The van der Waals surface area contributed by atoms with Crippen LogP contribution in [0.4, 0.5) is 5.69 Å². The smallest absolute Gasteiger partial charge is 0.279 e. The number of aryl methyl sites for hydroxylation is 1. The number of nitrogens with zero attached hydrogens (tertiary/aromatic N) is 1. The molecule has 0 radical (unpaired) electrons. The first kappa shape index (κ1) is 21.4. The molecule has 1 aromatic carbocycles. The second kappa shape index (κ2) is 9.32. The van der Waals surface area contributed by atoms with Gasteiger partial charge in [0.15, 0.2) is 22.9 Å². The van der Waals surface area contributed by atoms with Gasteiger partial charge in [0.05, 0.1) is 18.1 Å². The highest BCUT2D eigenvalue weighted by atomic mass is 32.2. The quantitative estimate of drug-likeness (QED) is 0.641. The Hall–Kier alpha value is -1.93. The van der Waals surface area contributed by atoms with E-state index in [9.17, 15) is 18.0 Å². The van der Waals surface area contributed by atoms with Crippen LogP contribution in [0, 0.1) is 6.92 Å². The summed E-state index contributed by atoms with van der Waals surface area (Å²) in [6.45, 7) is 5.02. The highest BCUT2D eigenvalue weighted by Gasteiger charge is 2.33. The lowest BCUT2D eigenvalue weighted by molar-refractivity contribution is -0.884. The number of sulfone groups is 1. The average Bonchev–Trinajstić information content (AvgIpc) is 2.96. The minimum absolute atomic E-state index is 0.0339. The Morgan fingerprint density at radius 3 is 2.56 bits per heavy atom. The second-order valence-electron chi connectivity index (χ2n) is 7.28. The molecule has 1 saturated heterocycles. The van der Waals surface area contributed by atoms with Crippen molar-refractivity contribution in [2.75, 3.05) is 43.5 Å². The normalized spacial score (nSPS) is 19.4. The maximum Gasteiger partial charge on any atom is 0.279 e. The molecule has 1 aromatic rings. The van der Waals surface area contributed by atoms with E-state index in [1.54, 1.807) is 11.9 Å². The molecule has 27 heavy (non-hydrogen) atoms. The number of para-hydroxylation sites is 1. The highest BCUT2D eigenvalue weighted by molar-refractivity contribution is 7.91. The summed E-state index contributed by atoms with van der Waals surface area (Å²) in [5.41, 5.74) is 1.76. The van der Waals surface area contributed by atoms with Gasteiger partial charge >= 0.3 is 0 Å². The number of likely N-dealkylation sites (N-methyl/N-ethyl adjacent to an activating group) is 1. The van der Waals surface area contributed by atoms with E-state index >= 15 is 0 Å². The van der Waals surface area contributed by atoms with Crippen molar-refractivity contribution in [2.45, 2.75) is 32.7 Å². The minimum atomic E-state index is -3.04. The summed E-state index contributed by atoms with van der Waals surface area (Å²) in [6, 6.07) is 7.31. The van der Waals surface area contributed by atoms with Gasteiger partial charge in [0, 0.05) is 18.8 Å². The Morgan fingerprint density at radius 1 is 1.26 bits per heavy atom. The number of amides is 2. The van der Waals surface area contributed by atoms with E-state index in [0.717, 1.165) is 22.6 Å². The number of carbonyl (C=O) groups is 2. The average molecular weight is 397 g/mol. The molecular weight excluding hydrogens is 366 g/mol. The third-order valence-corrected chi connectivity index (χ3v) is 6.73. The summed E-state index contributed by atoms with van der Waals surface area (Å²) < 4.78 is 23.3. The van der Waals surface area contributed by atoms with E-state index in [0.29, 0.717) is 13.0 Å². The summed E-state index contributed by atoms with van der Waals surface area (Å²) in [6.07, 6.45) is 1.34. The standard InChI is InChI=1S/C19H29N3O4S/c1-4-10-22(12-18(23)20-17-8-6-5-7-15(17)2)13-19(24)21(3)16-9-11-27(25,26)14-16/h5-8,16H,4,9-14H2,1-3H3,(H,20,23)/p+1/t16-/m1/s1. The lowest BCUT2D eigenvalue weighted by Crippen LogP contribution is -3.14. The van der Waals surface area contributed by atoms with Gasteiger partial charge < -0.3 is 15.1 Å². The molecule has 1 heterocycles. The Balaban J connectivity index is 1.93. The van der Waals surface area contributed by atoms with Crippen LogP contribution >= 0.6 is 0 Å². The highest BCUT2D eigenvalue weighted by Crippen LogP contribution is 2.16. The molecule has 0 spiro atoms. The summed E-state index contributed by atoms with van der Waals surface area (Å²) in [4.78, 5) is 27.4. The Morgan fingerprint density at radius 2 is 1.96 bits per heavy atom. The third kappa shape index (κ3) is 6.32. The fourth-order valence-corrected chi connectivity index (χ4v) is 5.12. The lowest BCUT2D eigenvalue weighted by Gasteiger charge is -2.26. The van der Waals surface area contributed by atoms with E-state index in [2.05, 4.69) is 5.32 Å². The molecule has 2 N–H and O–H groups in total. The van der Waals surface area contributed by atoms with Crippen LogP contribution in [0.3, 0.4) is 0 Å². The Kier molecular flexibility index (Phi) is 7.38. The van der Waals surface area contributed by atoms with Gasteiger partial charge in [-0.3, -0.25) is 9.59 Å². The first-order valence-corrected chi connectivity index (χ1v) is 11.2. The monoisotopic (exact) mass is 396 g/mol. The molecule has 1 fully saturated rings. The van der Waals surface area contributed by atoms with Crippen molar-refractivity contribution in [3.63, 3.8) is 0 Å². The van der Waals surface area contributed by atoms with E-state index in [4.69, 9.17) is 0 Å². The molecule has 0 aliphatic carbocycles. The SMILES string of the molecule is CCC[NH+](CC(=O)Nc1ccccc1C)CC(=O)N(C)[C@@H]1CCS(=O)(=O)C1. The molecule has 1 unspecified atom stereocenters. The van der Waals surface area contributed by atoms with Crippen molar-refractivity contribution in [3.05, 3.63) is 29.8 Å². The fourth-order valence-electron chi connectivity index (χ4n) is 3.35. The van der Waals surface area contributed by atoms with Gasteiger partial charge in [-0.2, -0.15) is 0 Å². The van der Waals surface area contributed by atoms with Gasteiger partial charge in [-0.1, -0.05) is 25.1 Å². The van der Waals surface area contributed by atoms with Crippen molar-refractivity contribution in [2.24, 2.45) is 0 Å². The van der Waals surface area contributed by atoms with Gasteiger partial charge in [-0.15, -0.1) is 0 Å². The van der Waals surface area contributed by atoms with Crippen LogP contribution in [-0.4, -0.2) is 69.4 Å². The summed E-state index contributed by atoms with van der Waals surface area (Å²) in [7, 11) is -1.38. The zero-order chi connectivity index (χ0) is 20.0. The molecule has 2 rings (SSSR count). The number of hydrogen-bond acceptors (Lipinski definition) is 4. The van der Waals surface area contributed by atoms with E-state index in [1.807, 2.05) is 38.1 Å². The zero-order valence-electron chi connectivity index (χ0n) is 16.3. The van der Waals surface area contributed by atoms with Crippen LogP contribution < -0.4 is 10.2 Å². The van der Waals surface area contributed by atoms with Crippen LogP contribution in [0.25, 0.3) is 0 Å². The number of nitrogens with one attached hydrogen (secondary N) is 2. The van der Waals surface area contributed by atoms with E-state index in [-0.39, 0.29) is 42.5 Å². The molecule has 0 bridgehead atoms. The number of rotatable bonds is 8. The van der Waals surface area contributed by atoms with Crippen molar-refractivity contribution in [1.82, 2.24) is 4.90 Å². The first-order valence-electron chi connectivity index (χ1n) is 9.37. The topological polar surface area (TPSA) is 88.0 Å². The Bertz CT molecular complexity index is 779. The van der Waals surface area contributed by atoms with Crippen molar-refractivity contribution in [1.29, 1.82) is 0 Å². The molecule has 8 heteroatoms. The predicted octanol–water partition coefficient (Wildman–Crippen LogP) is -0.126. The zero-order valence-corrected chi connectivity index (χ0v) is 17.1. The van der Waals surface area contributed by atoms with Gasteiger partial charge in [0.25, 0.3) is 11.8 Å². The molecular formula is C19H30N3O4S+. The van der Waals surface area contributed by atoms with E-state index in [1.165, 1.54) is 0 Å². The predicted molar refractivity (Wildman–Crippen MR) is 105 cm³/mol. The molecule has 0 saturated carbocycles. The number of carbonyl (C=O) groups excluding carboxylic acids is 2. The number of hydrogen-bond donors (Lipinski definition) is 2. The van der Waals surface area contributed by atoms with Crippen LogP contribution in [-0.2, 0) is 19.4 Å². The summed E-state index contributed by atoms with van der Waals surface area (Å²) in [5.74, 6) is -0.0814. The first-order chi connectivity index (χ1) is 12.7. The van der Waals surface area contributed by atoms with Crippen molar-refractivity contribution >= 4 is 27.3 Å². The molecule has 1 aliphatic rings. The number of quaternary nitrogens is 1. The number of benzene rings is 1. The summed E-state index contributed by atoms with van der Waals surface area (Å²) in [5, 5.41) is 2.90. The second-order valence-corrected chi connectivity index (χ2v) is 9.51. The van der Waals surface area contributed by atoms with Crippen LogP contribution in [0.15, 0.2) is 24.3 Å². The van der Waals surface area contributed by atoms with Crippen molar-refractivity contribution in [3.8, 4) is 0 Å². The summed E-state index contributed by atoms with van der Waals surface area (Å²) >= 11 is 0. The van der Waals surface area contributed by atoms with Crippen LogP contribution in [0.5, 0.6) is 0 Å². The Labute approximate surface area is 161 Å². The van der Waals surface area contributed by atoms with Gasteiger partial charge in [-0.25, -0.2) is 8.42 Å². The van der Waals surface area contributed by atoms with Crippen molar-refractivity contribution < 1.29 is 22.9 Å². The lowest BCUT2D eigenvalue weighted by atomic mass is 10.2. The van der Waals surface area contributed by atoms with Crippen LogP contribution in [0.1, 0.15) is 25.3 Å². The molecule has 0 aromatic heterocycles. The molecule has 2 amide bonds. The largest absolute Gasteiger partial charge is 0.337 e. The number of anilines is 1. The van der Waals surface area contributed by atoms with Gasteiger partial charge in [0.2, 0.25) is 0 Å².